The van der Waals surface area contributed by atoms with E-state index < -0.39 is 24.5 Å². The fourth-order valence-electron chi connectivity index (χ4n) is 2.97. The molecule has 2 aromatic rings. The van der Waals surface area contributed by atoms with Crippen LogP contribution in [0.2, 0.25) is 0 Å². The largest absolute Gasteiger partial charge is 0.468 e. The van der Waals surface area contributed by atoms with Crippen LogP contribution in [0.1, 0.15) is 31.9 Å². The molecule has 0 unspecified atom stereocenters. The Bertz CT molecular complexity index is 913. The number of hydrogen-bond donors (Lipinski definition) is 1. The van der Waals surface area contributed by atoms with Gasteiger partial charge in [0, 0.05) is 28.7 Å². The van der Waals surface area contributed by atoms with E-state index in [9.17, 15) is 14.4 Å². The first-order valence-corrected chi connectivity index (χ1v) is 8.47. The average Bonchev–Trinajstić information content (AvgIpc) is 3.14. The van der Waals surface area contributed by atoms with Crippen molar-refractivity contribution in [3.8, 4) is 0 Å². The number of carbonyl (C=O) groups excluding carboxylic acids is 3. The zero-order valence-corrected chi connectivity index (χ0v) is 15.0. The van der Waals surface area contributed by atoms with E-state index >= 15 is 0 Å². The van der Waals surface area contributed by atoms with E-state index in [2.05, 4.69) is 28.5 Å². The van der Waals surface area contributed by atoms with Gasteiger partial charge in [0.2, 0.25) is 0 Å². The molecule has 3 amide bonds. The summed E-state index contributed by atoms with van der Waals surface area (Å²) < 4.78 is 6.69. The number of amides is 3. The first-order chi connectivity index (χ1) is 12.5. The van der Waals surface area contributed by atoms with Gasteiger partial charge in [-0.25, -0.2) is 9.69 Å². The maximum Gasteiger partial charge on any atom is 0.329 e. The Morgan fingerprint density at radius 3 is 2.73 bits per heavy atom. The number of ether oxygens (including phenoxy) is 1. The molecule has 1 saturated heterocycles. The summed E-state index contributed by atoms with van der Waals surface area (Å²) in [6.07, 6.45) is 4.60. The molecule has 0 radical (unpaired) electrons. The first kappa shape index (κ1) is 17.7. The standard InChI is InChI=1S/C19H21N3O4/c1-4-12(2)21-10-13(14-7-5-6-8-16(14)21)9-15-18(24)22(19(25)20-15)11-17(23)26-3/h5-10,12H,4,11H2,1-3H3,(H,20,25)/b15-9+/t12-/m0/s1. The van der Waals surface area contributed by atoms with E-state index in [1.165, 1.54) is 7.11 Å². The minimum atomic E-state index is -0.650. The second-order valence-corrected chi connectivity index (χ2v) is 6.22. The number of para-hydroxylation sites is 1. The van der Waals surface area contributed by atoms with E-state index in [4.69, 9.17) is 0 Å². The zero-order valence-electron chi connectivity index (χ0n) is 15.0. The van der Waals surface area contributed by atoms with E-state index in [-0.39, 0.29) is 5.70 Å². The molecule has 1 aromatic carbocycles. The van der Waals surface area contributed by atoms with Gasteiger partial charge < -0.3 is 14.6 Å². The van der Waals surface area contributed by atoms with Crippen molar-refractivity contribution in [3.63, 3.8) is 0 Å². The molecule has 136 valence electrons. The molecule has 3 rings (SSSR count). The van der Waals surface area contributed by atoms with Crippen molar-refractivity contribution in [1.82, 2.24) is 14.8 Å². The molecule has 1 aliphatic heterocycles. The van der Waals surface area contributed by atoms with Gasteiger partial charge in [-0.1, -0.05) is 25.1 Å². The van der Waals surface area contributed by atoms with Crippen molar-refractivity contribution in [1.29, 1.82) is 0 Å². The topological polar surface area (TPSA) is 80.6 Å². The van der Waals surface area contributed by atoms with Crippen molar-refractivity contribution in [2.24, 2.45) is 0 Å². The minimum absolute atomic E-state index is 0.144. The van der Waals surface area contributed by atoms with Gasteiger partial charge in [0.25, 0.3) is 5.91 Å². The quantitative estimate of drug-likeness (QED) is 0.508. The number of hydrogen-bond acceptors (Lipinski definition) is 4. The van der Waals surface area contributed by atoms with Crippen molar-refractivity contribution >= 4 is 34.9 Å². The van der Waals surface area contributed by atoms with E-state index in [1.54, 1.807) is 6.08 Å². The highest BCUT2D eigenvalue weighted by molar-refractivity contribution is 6.15. The predicted octanol–water partition coefficient (Wildman–Crippen LogP) is 2.68. The number of methoxy groups -OCH3 is 1. The van der Waals surface area contributed by atoms with Gasteiger partial charge in [0.15, 0.2) is 0 Å². The highest BCUT2D eigenvalue weighted by Crippen LogP contribution is 2.28. The molecule has 0 saturated carbocycles. The van der Waals surface area contributed by atoms with Crippen molar-refractivity contribution < 1.29 is 19.1 Å². The lowest BCUT2D eigenvalue weighted by Gasteiger charge is -2.12. The van der Waals surface area contributed by atoms with Crippen LogP contribution in [0.3, 0.4) is 0 Å². The first-order valence-electron chi connectivity index (χ1n) is 8.47. The summed E-state index contributed by atoms with van der Waals surface area (Å²) in [6, 6.07) is 7.59. The number of carbonyl (C=O) groups is 3. The molecule has 7 nitrogen and oxygen atoms in total. The van der Waals surface area contributed by atoms with Gasteiger partial charge >= 0.3 is 12.0 Å². The molecule has 1 aliphatic rings. The van der Waals surface area contributed by atoms with E-state index in [0.717, 1.165) is 27.8 Å². The normalized spacial score (nSPS) is 17.0. The molecule has 1 N–H and O–H groups in total. The molecule has 26 heavy (non-hydrogen) atoms. The van der Waals surface area contributed by atoms with Gasteiger partial charge in [0.05, 0.1) is 7.11 Å². The van der Waals surface area contributed by atoms with Crippen LogP contribution in [0.15, 0.2) is 36.2 Å². The molecule has 1 aromatic heterocycles. The van der Waals surface area contributed by atoms with Gasteiger partial charge in [-0.15, -0.1) is 0 Å². The third kappa shape index (κ3) is 3.08. The molecule has 0 aliphatic carbocycles. The summed E-state index contributed by atoms with van der Waals surface area (Å²) in [5, 5.41) is 3.52. The van der Waals surface area contributed by atoms with Crippen LogP contribution in [-0.2, 0) is 14.3 Å². The maximum absolute atomic E-state index is 12.5. The number of benzene rings is 1. The Morgan fingerprint density at radius 2 is 2.04 bits per heavy atom. The van der Waals surface area contributed by atoms with Gasteiger partial charge in [-0.3, -0.25) is 9.59 Å². The third-order valence-corrected chi connectivity index (χ3v) is 4.61. The Labute approximate surface area is 151 Å². The van der Waals surface area contributed by atoms with E-state index in [0.29, 0.717) is 6.04 Å². The average molecular weight is 355 g/mol. The highest BCUT2D eigenvalue weighted by atomic mass is 16.5. The molecule has 1 fully saturated rings. The molecule has 7 heteroatoms. The van der Waals surface area contributed by atoms with Gasteiger partial charge in [0.1, 0.15) is 12.2 Å². The Kier molecular flexibility index (Phi) is 4.79. The molecular weight excluding hydrogens is 334 g/mol. The fourth-order valence-corrected chi connectivity index (χ4v) is 2.97. The molecule has 1 atom stereocenters. The number of nitrogens with zero attached hydrogens (tertiary/aromatic N) is 2. The summed E-state index contributed by atoms with van der Waals surface area (Å²) >= 11 is 0. The Balaban J connectivity index is 1.99. The Hall–Kier alpha value is -3.09. The second kappa shape index (κ2) is 7.03. The van der Waals surface area contributed by atoms with Crippen LogP contribution < -0.4 is 5.32 Å². The van der Waals surface area contributed by atoms with Crippen LogP contribution in [0.4, 0.5) is 4.79 Å². The van der Waals surface area contributed by atoms with E-state index in [1.807, 2.05) is 30.5 Å². The Morgan fingerprint density at radius 1 is 1.31 bits per heavy atom. The molecule has 2 heterocycles. The highest BCUT2D eigenvalue weighted by Gasteiger charge is 2.35. The summed E-state index contributed by atoms with van der Waals surface area (Å²) in [7, 11) is 1.21. The molecule has 0 bridgehead atoms. The number of nitrogens with one attached hydrogen (secondary N) is 1. The van der Waals surface area contributed by atoms with Crippen molar-refractivity contribution in [2.45, 2.75) is 26.3 Å². The lowest BCUT2D eigenvalue weighted by molar-refractivity contribution is -0.143. The van der Waals surface area contributed by atoms with Crippen LogP contribution in [-0.4, -0.2) is 41.0 Å². The lowest BCUT2D eigenvalue weighted by Crippen LogP contribution is -2.36. The van der Waals surface area contributed by atoms with Crippen LogP contribution >= 0.6 is 0 Å². The fraction of sp³-hybridized carbons (Fsp3) is 0.316. The monoisotopic (exact) mass is 355 g/mol. The summed E-state index contributed by atoms with van der Waals surface area (Å²) in [4.78, 5) is 36.7. The summed E-state index contributed by atoms with van der Waals surface area (Å²) in [5.74, 6) is -1.19. The lowest BCUT2D eigenvalue weighted by atomic mass is 10.1. The molecule has 0 spiro atoms. The third-order valence-electron chi connectivity index (χ3n) is 4.61. The summed E-state index contributed by atoms with van der Waals surface area (Å²) in [6.45, 7) is 3.83. The minimum Gasteiger partial charge on any atom is -0.468 e. The number of urea groups is 1. The number of fused-ring (bicyclic) bond motifs is 1. The SMILES string of the molecule is CC[C@H](C)n1cc(/C=C2/NC(=O)N(CC(=O)OC)C2=O)c2ccccc21. The van der Waals surface area contributed by atoms with Crippen LogP contribution in [0.5, 0.6) is 0 Å². The predicted molar refractivity (Wildman–Crippen MR) is 97.2 cm³/mol. The number of imide groups is 1. The molecular formula is C19H21N3O4. The summed E-state index contributed by atoms with van der Waals surface area (Å²) in [5.41, 5.74) is 2.05. The number of esters is 1. The smallest absolute Gasteiger partial charge is 0.329 e. The number of rotatable bonds is 5. The second-order valence-electron chi connectivity index (χ2n) is 6.22. The van der Waals surface area contributed by atoms with Gasteiger partial charge in [-0.2, -0.15) is 0 Å². The van der Waals surface area contributed by atoms with Crippen molar-refractivity contribution in [3.05, 3.63) is 41.7 Å². The van der Waals surface area contributed by atoms with Crippen molar-refractivity contribution in [2.75, 3.05) is 13.7 Å². The maximum atomic E-state index is 12.5. The van der Waals surface area contributed by atoms with Crippen LogP contribution in [0.25, 0.3) is 17.0 Å². The zero-order chi connectivity index (χ0) is 18.8. The van der Waals surface area contributed by atoms with Crippen LogP contribution in [0, 0.1) is 0 Å². The number of aromatic nitrogens is 1. The van der Waals surface area contributed by atoms with Gasteiger partial charge in [-0.05, 0) is 25.5 Å².